The number of amides is 4. The summed E-state index contributed by atoms with van der Waals surface area (Å²) < 4.78 is 0. The Kier molecular flexibility index (Phi) is 6.77. The average molecular weight is 401 g/mol. The fourth-order valence-corrected chi connectivity index (χ4v) is 4.37. The third-order valence-electron chi connectivity index (χ3n) is 5.98. The molecule has 1 aromatic carbocycles. The minimum absolute atomic E-state index is 0.0138. The van der Waals surface area contributed by atoms with Gasteiger partial charge in [0.1, 0.15) is 0 Å². The van der Waals surface area contributed by atoms with E-state index in [1.54, 1.807) is 11.8 Å². The second kappa shape index (κ2) is 9.29. The highest BCUT2D eigenvalue weighted by Gasteiger charge is 2.37. The highest BCUT2D eigenvalue weighted by Crippen LogP contribution is 2.34. The minimum atomic E-state index is -0.192. The van der Waals surface area contributed by atoms with Crippen LogP contribution in [0.3, 0.4) is 0 Å². The number of nitrogens with one attached hydrogen (secondary N) is 1. The van der Waals surface area contributed by atoms with Crippen LogP contribution < -0.4 is 5.32 Å². The molecule has 0 radical (unpaired) electrons. The zero-order valence-corrected chi connectivity index (χ0v) is 17.7. The van der Waals surface area contributed by atoms with Gasteiger partial charge in [0.25, 0.3) is 0 Å². The smallest absolute Gasteiger partial charge is 0.317 e. The summed E-state index contributed by atoms with van der Waals surface area (Å²) in [5.74, 6) is -0.0362. The summed E-state index contributed by atoms with van der Waals surface area (Å²) in [5, 5.41) is 2.90. The molecule has 29 heavy (non-hydrogen) atoms. The Morgan fingerprint density at radius 3 is 2.38 bits per heavy atom. The molecule has 1 N–H and O–H groups in total. The van der Waals surface area contributed by atoms with Gasteiger partial charge in [0.2, 0.25) is 11.8 Å². The van der Waals surface area contributed by atoms with Crippen molar-refractivity contribution in [3.8, 4) is 0 Å². The van der Waals surface area contributed by atoms with E-state index in [4.69, 9.17) is 0 Å². The molecule has 158 valence electrons. The van der Waals surface area contributed by atoms with Crippen molar-refractivity contribution in [3.63, 3.8) is 0 Å². The van der Waals surface area contributed by atoms with Crippen molar-refractivity contribution in [3.05, 3.63) is 35.4 Å². The molecule has 0 unspecified atom stereocenters. The van der Waals surface area contributed by atoms with Gasteiger partial charge in [-0.1, -0.05) is 29.8 Å². The predicted molar refractivity (Wildman–Crippen MR) is 111 cm³/mol. The van der Waals surface area contributed by atoms with E-state index in [9.17, 15) is 14.4 Å². The van der Waals surface area contributed by atoms with Crippen LogP contribution in [0.2, 0.25) is 0 Å². The molecule has 0 bridgehead atoms. The number of aryl methyl sites for hydroxylation is 1. The van der Waals surface area contributed by atoms with Gasteiger partial charge < -0.3 is 20.0 Å². The lowest BCUT2D eigenvalue weighted by Gasteiger charge is -2.42. The van der Waals surface area contributed by atoms with Crippen LogP contribution in [0, 0.1) is 12.8 Å². The number of carbonyl (C=O) groups is 3. The molecule has 1 aromatic rings. The maximum Gasteiger partial charge on any atom is 0.317 e. The van der Waals surface area contributed by atoms with Crippen LogP contribution in [0.5, 0.6) is 0 Å². The van der Waals surface area contributed by atoms with Crippen molar-refractivity contribution in [1.29, 1.82) is 0 Å². The van der Waals surface area contributed by atoms with E-state index < -0.39 is 0 Å². The van der Waals surface area contributed by atoms with Crippen molar-refractivity contribution in [2.75, 3.05) is 39.3 Å². The summed E-state index contributed by atoms with van der Waals surface area (Å²) in [7, 11) is 0. The van der Waals surface area contributed by atoms with E-state index in [1.165, 1.54) is 5.56 Å². The molecular weight excluding hydrogens is 368 g/mol. The lowest BCUT2D eigenvalue weighted by atomic mass is 9.87. The van der Waals surface area contributed by atoms with Gasteiger partial charge in [0.05, 0.1) is 12.0 Å². The topological polar surface area (TPSA) is 73.0 Å². The Hall–Kier alpha value is -2.57. The molecule has 2 fully saturated rings. The van der Waals surface area contributed by atoms with Crippen LogP contribution in [0.15, 0.2) is 24.3 Å². The summed E-state index contributed by atoms with van der Waals surface area (Å²) >= 11 is 0. The third kappa shape index (κ3) is 4.89. The van der Waals surface area contributed by atoms with Gasteiger partial charge in [0.15, 0.2) is 0 Å². The van der Waals surface area contributed by atoms with Crippen molar-refractivity contribution in [1.82, 2.24) is 20.0 Å². The standard InChI is InChI=1S/C22H32N4O3/c1-4-23-22(29)26-15-19(8-9-20(26)18-7-5-6-16(2)14-18)21(28)25-12-10-24(11-13-25)17(3)27/h5-7,14,19-20H,4,8-13,15H2,1-3H3,(H,23,29)/t19-,20-/m1/s1. The maximum atomic E-state index is 13.1. The molecule has 2 heterocycles. The Labute approximate surface area is 173 Å². The first-order chi connectivity index (χ1) is 13.9. The molecule has 0 saturated carbocycles. The van der Waals surface area contributed by atoms with Crippen molar-refractivity contribution in [2.45, 2.75) is 39.7 Å². The van der Waals surface area contributed by atoms with E-state index in [-0.39, 0.29) is 29.8 Å². The highest BCUT2D eigenvalue weighted by molar-refractivity contribution is 5.82. The average Bonchev–Trinajstić information content (AvgIpc) is 2.73. The van der Waals surface area contributed by atoms with Gasteiger partial charge in [-0.05, 0) is 32.3 Å². The number of piperazine rings is 1. The summed E-state index contributed by atoms with van der Waals surface area (Å²) in [4.78, 5) is 42.9. The largest absolute Gasteiger partial charge is 0.339 e. The maximum absolute atomic E-state index is 13.1. The molecule has 2 aliphatic heterocycles. The van der Waals surface area contributed by atoms with E-state index in [0.717, 1.165) is 18.4 Å². The highest BCUT2D eigenvalue weighted by atomic mass is 16.2. The second-order valence-electron chi connectivity index (χ2n) is 8.02. The monoisotopic (exact) mass is 400 g/mol. The zero-order valence-electron chi connectivity index (χ0n) is 17.7. The van der Waals surface area contributed by atoms with Gasteiger partial charge in [-0.15, -0.1) is 0 Å². The van der Waals surface area contributed by atoms with Gasteiger partial charge in [0, 0.05) is 46.2 Å². The van der Waals surface area contributed by atoms with Gasteiger partial charge >= 0.3 is 6.03 Å². The molecule has 7 nitrogen and oxygen atoms in total. The molecule has 3 rings (SSSR count). The van der Waals surface area contributed by atoms with Crippen LogP contribution in [0.25, 0.3) is 0 Å². The first-order valence-corrected chi connectivity index (χ1v) is 10.6. The fraction of sp³-hybridized carbons (Fsp3) is 0.591. The zero-order chi connectivity index (χ0) is 21.0. The predicted octanol–water partition coefficient (Wildman–Crippen LogP) is 2.17. The molecule has 2 saturated heterocycles. The van der Waals surface area contributed by atoms with Crippen LogP contribution in [0.1, 0.15) is 43.9 Å². The lowest BCUT2D eigenvalue weighted by Crippen LogP contribution is -2.55. The molecule has 4 amide bonds. The van der Waals surface area contributed by atoms with E-state index in [2.05, 4.69) is 30.4 Å². The second-order valence-corrected chi connectivity index (χ2v) is 8.02. The van der Waals surface area contributed by atoms with Crippen molar-refractivity contribution >= 4 is 17.8 Å². The summed E-state index contributed by atoms with van der Waals surface area (Å²) in [6.07, 6.45) is 1.53. The van der Waals surface area contributed by atoms with E-state index >= 15 is 0 Å². The van der Waals surface area contributed by atoms with E-state index in [0.29, 0.717) is 39.3 Å². The third-order valence-corrected chi connectivity index (χ3v) is 5.98. The number of urea groups is 1. The van der Waals surface area contributed by atoms with Crippen LogP contribution in [-0.2, 0) is 9.59 Å². The summed E-state index contributed by atoms with van der Waals surface area (Å²) in [6.45, 7) is 8.80. The first kappa shape index (κ1) is 21.1. The van der Waals surface area contributed by atoms with Gasteiger partial charge in [-0.25, -0.2) is 4.79 Å². The Balaban J connectivity index is 1.71. The van der Waals surface area contributed by atoms with Crippen LogP contribution >= 0.6 is 0 Å². The number of nitrogens with zero attached hydrogens (tertiary/aromatic N) is 3. The number of carbonyl (C=O) groups excluding carboxylic acids is 3. The fourth-order valence-electron chi connectivity index (χ4n) is 4.37. The lowest BCUT2D eigenvalue weighted by molar-refractivity contribution is -0.142. The molecule has 0 spiro atoms. The van der Waals surface area contributed by atoms with Crippen LogP contribution in [-0.4, -0.2) is 71.8 Å². The number of rotatable bonds is 3. The van der Waals surface area contributed by atoms with E-state index in [1.807, 2.05) is 22.8 Å². The molecular formula is C22H32N4O3. The Morgan fingerprint density at radius 1 is 1.07 bits per heavy atom. The SMILES string of the molecule is CCNC(=O)N1C[C@H](C(=O)N2CCN(C(C)=O)CC2)CC[C@@H]1c1cccc(C)c1. The van der Waals surface area contributed by atoms with Crippen molar-refractivity contribution in [2.24, 2.45) is 5.92 Å². The molecule has 2 aliphatic rings. The number of hydrogen-bond acceptors (Lipinski definition) is 3. The van der Waals surface area contributed by atoms with Gasteiger partial charge in [-0.2, -0.15) is 0 Å². The number of likely N-dealkylation sites (tertiary alicyclic amines) is 1. The quantitative estimate of drug-likeness (QED) is 0.845. The molecule has 0 aromatic heterocycles. The van der Waals surface area contributed by atoms with Crippen molar-refractivity contribution < 1.29 is 14.4 Å². The molecule has 2 atom stereocenters. The number of hydrogen-bond donors (Lipinski definition) is 1. The minimum Gasteiger partial charge on any atom is -0.339 e. The molecule has 7 heteroatoms. The normalized spacial score (nSPS) is 22.4. The summed E-state index contributed by atoms with van der Waals surface area (Å²) in [5.41, 5.74) is 2.29. The summed E-state index contributed by atoms with van der Waals surface area (Å²) in [6, 6.07) is 8.13. The number of piperidine rings is 1. The van der Waals surface area contributed by atoms with Gasteiger partial charge in [-0.3, -0.25) is 9.59 Å². The Morgan fingerprint density at radius 2 is 1.76 bits per heavy atom. The Bertz CT molecular complexity index is 758. The number of benzene rings is 1. The van der Waals surface area contributed by atoms with Crippen LogP contribution in [0.4, 0.5) is 4.79 Å². The first-order valence-electron chi connectivity index (χ1n) is 10.6. The molecule has 0 aliphatic carbocycles.